The summed E-state index contributed by atoms with van der Waals surface area (Å²) in [4.78, 5) is 12.3. The fraction of sp³-hybridized carbons (Fsp3) is 0.409. The van der Waals surface area contributed by atoms with Gasteiger partial charge in [-0.25, -0.2) is 13.2 Å². The van der Waals surface area contributed by atoms with Crippen molar-refractivity contribution < 1.29 is 27.4 Å². The lowest BCUT2D eigenvalue weighted by Crippen LogP contribution is -2.48. The highest BCUT2D eigenvalue weighted by Crippen LogP contribution is 2.21. The van der Waals surface area contributed by atoms with Crippen LogP contribution in [0.25, 0.3) is 0 Å². The first kappa shape index (κ1) is 22.3. The van der Waals surface area contributed by atoms with Crippen LogP contribution in [0.4, 0.5) is 0 Å². The molecule has 0 amide bonds. The van der Waals surface area contributed by atoms with Crippen molar-refractivity contribution >= 4 is 16.0 Å². The highest BCUT2D eigenvalue weighted by atomic mass is 32.2. The molecule has 0 saturated carbocycles. The van der Waals surface area contributed by atoms with E-state index in [2.05, 4.69) is 0 Å². The van der Waals surface area contributed by atoms with Crippen molar-refractivity contribution in [2.45, 2.75) is 37.9 Å². The molecule has 7 nitrogen and oxygen atoms in total. The van der Waals surface area contributed by atoms with E-state index in [-0.39, 0.29) is 35.9 Å². The van der Waals surface area contributed by atoms with Crippen molar-refractivity contribution in [3.8, 4) is 5.75 Å². The van der Waals surface area contributed by atoms with E-state index < -0.39 is 16.0 Å². The summed E-state index contributed by atoms with van der Waals surface area (Å²) >= 11 is 0. The van der Waals surface area contributed by atoms with E-state index in [4.69, 9.17) is 14.2 Å². The maximum Gasteiger partial charge on any atom is 0.338 e. The Hall–Kier alpha value is -2.42. The van der Waals surface area contributed by atoms with E-state index in [9.17, 15) is 13.2 Å². The first-order valence-corrected chi connectivity index (χ1v) is 11.3. The van der Waals surface area contributed by atoms with Gasteiger partial charge in [0, 0.05) is 13.1 Å². The van der Waals surface area contributed by atoms with Crippen LogP contribution in [-0.2, 0) is 19.5 Å². The molecule has 0 bridgehead atoms. The van der Waals surface area contributed by atoms with Crippen LogP contribution in [0.5, 0.6) is 5.75 Å². The average molecular weight is 434 g/mol. The number of morpholine rings is 1. The van der Waals surface area contributed by atoms with Gasteiger partial charge in [0.25, 0.3) is 0 Å². The number of sulfonamides is 1. The lowest BCUT2D eigenvalue weighted by Gasteiger charge is -2.34. The zero-order valence-electron chi connectivity index (χ0n) is 17.4. The maximum atomic E-state index is 12.9. The number of benzene rings is 2. The smallest absolute Gasteiger partial charge is 0.338 e. The minimum Gasteiger partial charge on any atom is -0.490 e. The molecule has 0 aliphatic carbocycles. The van der Waals surface area contributed by atoms with E-state index >= 15 is 0 Å². The van der Waals surface area contributed by atoms with Gasteiger partial charge in [-0.1, -0.05) is 17.7 Å². The summed E-state index contributed by atoms with van der Waals surface area (Å²) in [5.41, 5.74) is 1.42. The summed E-state index contributed by atoms with van der Waals surface area (Å²) in [7, 11) is -3.64. The summed E-state index contributed by atoms with van der Waals surface area (Å²) < 4.78 is 43.5. The molecule has 1 heterocycles. The predicted octanol–water partition coefficient (Wildman–Crippen LogP) is 3.03. The fourth-order valence-electron chi connectivity index (χ4n) is 3.25. The van der Waals surface area contributed by atoms with Gasteiger partial charge in [-0.2, -0.15) is 4.31 Å². The topological polar surface area (TPSA) is 82.1 Å². The zero-order valence-corrected chi connectivity index (χ0v) is 18.2. The molecule has 0 N–H and O–H groups in total. The molecule has 0 spiro atoms. The highest BCUT2D eigenvalue weighted by Gasteiger charge is 2.32. The quantitative estimate of drug-likeness (QED) is 0.493. The van der Waals surface area contributed by atoms with Gasteiger partial charge in [-0.05, 0) is 57.2 Å². The zero-order chi connectivity index (χ0) is 21.7. The van der Waals surface area contributed by atoms with E-state index in [1.54, 1.807) is 0 Å². The molecular formula is C22H27NO6S. The van der Waals surface area contributed by atoms with Gasteiger partial charge in [0.1, 0.15) is 19.0 Å². The molecule has 3 rings (SSSR count). The summed E-state index contributed by atoms with van der Waals surface area (Å²) in [6, 6.07) is 13.4. The molecule has 1 aliphatic rings. The maximum absolute atomic E-state index is 12.9. The number of carbonyl (C=O) groups excluding carboxylic acids is 1. The highest BCUT2D eigenvalue weighted by molar-refractivity contribution is 7.89. The van der Waals surface area contributed by atoms with E-state index in [0.717, 1.165) is 5.56 Å². The number of rotatable bonds is 7. The Kier molecular flexibility index (Phi) is 7.12. The second kappa shape index (κ2) is 9.59. The lowest BCUT2D eigenvalue weighted by atomic mass is 10.2. The molecule has 30 heavy (non-hydrogen) atoms. The Morgan fingerprint density at radius 1 is 1.00 bits per heavy atom. The van der Waals surface area contributed by atoms with Gasteiger partial charge in [0.05, 0.1) is 22.7 Å². The summed E-state index contributed by atoms with van der Waals surface area (Å²) in [6.07, 6.45) is -0.334. The Balaban J connectivity index is 1.54. The number of esters is 1. The molecule has 2 unspecified atom stereocenters. The molecule has 1 aliphatic heterocycles. The number of hydrogen-bond donors (Lipinski definition) is 0. The SMILES string of the molecule is Cc1ccc(OCCOC(=O)c2ccc(S(=O)(=O)N3CC(C)OC(C)C3)cc2)cc1. The summed E-state index contributed by atoms with van der Waals surface area (Å²) in [5, 5.41) is 0. The van der Waals surface area contributed by atoms with Crippen molar-refractivity contribution in [3.05, 3.63) is 59.7 Å². The summed E-state index contributed by atoms with van der Waals surface area (Å²) in [6.45, 7) is 6.61. The monoisotopic (exact) mass is 433 g/mol. The van der Waals surface area contributed by atoms with Gasteiger partial charge in [0.15, 0.2) is 0 Å². The minimum absolute atomic E-state index is 0.0936. The van der Waals surface area contributed by atoms with Crippen LogP contribution in [0, 0.1) is 6.92 Å². The first-order chi connectivity index (χ1) is 14.3. The van der Waals surface area contributed by atoms with Gasteiger partial charge in [-0.3, -0.25) is 0 Å². The van der Waals surface area contributed by atoms with Gasteiger partial charge >= 0.3 is 5.97 Å². The third-order valence-electron chi connectivity index (χ3n) is 4.72. The van der Waals surface area contributed by atoms with Crippen molar-refractivity contribution in [1.29, 1.82) is 0 Å². The number of carbonyl (C=O) groups is 1. The van der Waals surface area contributed by atoms with E-state index in [1.807, 2.05) is 45.0 Å². The third kappa shape index (κ3) is 5.59. The van der Waals surface area contributed by atoms with Gasteiger partial charge < -0.3 is 14.2 Å². The molecule has 0 aromatic heterocycles. The van der Waals surface area contributed by atoms with Crippen molar-refractivity contribution in [1.82, 2.24) is 4.31 Å². The number of hydrogen-bond acceptors (Lipinski definition) is 6. The van der Waals surface area contributed by atoms with Crippen molar-refractivity contribution in [3.63, 3.8) is 0 Å². The Labute approximate surface area is 177 Å². The number of ether oxygens (including phenoxy) is 3. The first-order valence-electron chi connectivity index (χ1n) is 9.88. The van der Waals surface area contributed by atoms with Crippen LogP contribution >= 0.6 is 0 Å². The van der Waals surface area contributed by atoms with Crippen LogP contribution in [0.2, 0.25) is 0 Å². The summed E-state index contributed by atoms with van der Waals surface area (Å²) in [5.74, 6) is 0.179. The normalized spacial score (nSPS) is 20.0. The lowest BCUT2D eigenvalue weighted by molar-refractivity contribution is -0.0440. The van der Waals surface area contributed by atoms with Crippen LogP contribution in [0.15, 0.2) is 53.4 Å². The van der Waals surface area contributed by atoms with Gasteiger partial charge in [-0.15, -0.1) is 0 Å². The molecular weight excluding hydrogens is 406 g/mol. The Bertz CT molecular complexity index is 946. The van der Waals surface area contributed by atoms with Crippen LogP contribution < -0.4 is 4.74 Å². The molecule has 1 fully saturated rings. The largest absolute Gasteiger partial charge is 0.490 e. The number of nitrogens with zero attached hydrogens (tertiary/aromatic N) is 1. The van der Waals surface area contributed by atoms with Crippen LogP contribution in [0.1, 0.15) is 29.8 Å². The molecule has 162 valence electrons. The fourth-order valence-corrected chi connectivity index (χ4v) is 4.84. The second-order valence-electron chi connectivity index (χ2n) is 7.40. The third-order valence-corrected chi connectivity index (χ3v) is 6.57. The van der Waals surface area contributed by atoms with Crippen molar-refractivity contribution in [2.24, 2.45) is 0 Å². The van der Waals surface area contributed by atoms with Crippen LogP contribution in [-0.4, -0.2) is 57.2 Å². The minimum atomic E-state index is -3.64. The predicted molar refractivity (Wildman–Crippen MR) is 112 cm³/mol. The second-order valence-corrected chi connectivity index (χ2v) is 9.34. The Morgan fingerprint density at radius 3 is 2.20 bits per heavy atom. The molecule has 2 atom stereocenters. The molecule has 1 saturated heterocycles. The van der Waals surface area contributed by atoms with E-state index in [0.29, 0.717) is 18.8 Å². The van der Waals surface area contributed by atoms with Crippen molar-refractivity contribution in [2.75, 3.05) is 26.3 Å². The standard InChI is InChI=1S/C22H27NO6S/c1-16-4-8-20(9-5-16)27-12-13-28-22(24)19-6-10-21(11-7-19)30(25,26)23-14-17(2)29-18(3)15-23/h4-11,17-18H,12-15H2,1-3H3. The van der Waals surface area contributed by atoms with Gasteiger partial charge in [0.2, 0.25) is 10.0 Å². The Morgan fingerprint density at radius 2 is 1.60 bits per heavy atom. The average Bonchev–Trinajstić information content (AvgIpc) is 2.71. The molecule has 2 aromatic rings. The van der Waals surface area contributed by atoms with Crippen LogP contribution in [0.3, 0.4) is 0 Å². The molecule has 2 aromatic carbocycles. The molecule has 8 heteroatoms. The molecule has 0 radical (unpaired) electrons. The van der Waals surface area contributed by atoms with E-state index in [1.165, 1.54) is 28.6 Å². The number of aryl methyl sites for hydroxylation is 1.